The monoisotopic (exact) mass is 276 g/mol. The Morgan fingerprint density at radius 2 is 1.60 bits per heavy atom. The van der Waals surface area contributed by atoms with Crippen LogP contribution in [0.3, 0.4) is 0 Å². The van der Waals surface area contributed by atoms with E-state index in [1.54, 1.807) is 12.1 Å². The van der Waals surface area contributed by atoms with Gasteiger partial charge < -0.3 is 4.42 Å². The Morgan fingerprint density at radius 1 is 0.850 bits per heavy atom. The fraction of sp³-hybridized carbons (Fsp3) is 0. The minimum Gasteiger partial charge on any atom is -0.453 e. The van der Waals surface area contributed by atoms with E-state index in [0.29, 0.717) is 0 Å². The standard InChI is InChI=1S/C15H7F3O2/c16-10-6-3-5-9(12(10)17)15-13(18)14(19)8-4-1-2-7-11(8)20-15/h1-7H. The van der Waals surface area contributed by atoms with Crippen LogP contribution >= 0.6 is 0 Å². The molecule has 20 heavy (non-hydrogen) atoms. The van der Waals surface area contributed by atoms with Crippen LogP contribution in [0.2, 0.25) is 0 Å². The first kappa shape index (κ1) is 12.5. The predicted octanol–water partition coefficient (Wildman–Crippen LogP) is 3.88. The number of fused-ring (bicyclic) bond motifs is 1. The van der Waals surface area contributed by atoms with Gasteiger partial charge in [0.15, 0.2) is 17.4 Å². The second kappa shape index (κ2) is 4.52. The summed E-state index contributed by atoms with van der Waals surface area (Å²) >= 11 is 0. The molecule has 0 amide bonds. The lowest BCUT2D eigenvalue weighted by atomic mass is 10.1. The van der Waals surface area contributed by atoms with Crippen LogP contribution in [0, 0.1) is 17.5 Å². The topological polar surface area (TPSA) is 30.2 Å². The van der Waals surface area contributed by atoms with Crippen LogP contribution in [0.4, 0.5) is 13.2 Å². The summed E-state index contributed by atoms with van der Waals surface area (Å²) in [6.07, 6.45) is 0. The van der Waals surface area contributed by atoms with Gasteiger partial charge in [-0.25, -0.2) is 8.78 Å². The smallest absolute Gasteiger partial charge is 0.229 e. The van der Waals surface area contributed by atoms with Crippen molar-refractivity contribution in [2.45, 2.75) is 0 Å². The van der Waals surface area contributed by atoms with Crippen LogP contribution < -0.4 is 5.43 Å². The molecule has 1 heterocycles. The lowest BCUT2D eigenvalue weighted by Gasteiger charge is -2.06. The first-order valence-electron chi connectivity index (χ1n) is 5.75. The van der Waals surface area contributed by atoms with Crippen molar-refractivity contribution in [3.05, 3.63) is 70.1 Å². The molecule has 5 heteroatoms. The minimum absolute atomic E-state index is 0.0468. The molecule has 0 radical (unpaired) electrons. The quantitative estimate of drug-likeness (QED) is 0.675. The third-order valence-electron chi connectivity index (χ3n) is 2.94. The van der Waals surface area contributed by atoms with Crippen LogP contribution in [0.1, 0.15) is 0 Å². The Balaban J connectivity index is 2.40. The van der Waals surface area contributed by atoms with Gasteiger partial charge in [0.05, 0.1) is 10.9 Å². The van der Waals surface area contributed by atoms with Crippen molar-refractivity contribution in [2.75, 3.05) is 0 Å². The van der Waals surface area contributed by atoms with Gasteiger partial charge in [-0.1, -0.05) is 18.2 Å². The number of benzene rings is 2. The molecule has 0 atom stereocenters. The van der Waals surface area contributed by atoms with Crippen molar-refractivity contribution in [3.63, 3.8) is 0 Å². The van der Waals surface area contributed by atoms with Gasteiger partial charge in [0.25, 0.3) is 0 Å². The third-order valence-corrected chi connectivity index (χ3v) is 2.94. The molecule has 0 fully saturated rings. The fourth-order valence-electron chi connectivity index (χ4n) is 1.97. The highest BCUT2D eigenvalue weighted by Gasteiger charge is 2.20. The van der Waals surface area contributed by atoms with Gasteiger partial charge in [0.1, 0.15) is 5.58 Å². The second-order valence-corrected chi connectivity index (χ2v) is 4.17. The normalized spacial score (nSPS) is 10.9. The maximum atomic E-state index is 14.0. The van der Waals surface area contributed by atoms with Crippen LogP contribution in [0.15, 0.2) is 51.7 Å². The largest absolute Gasteiger partial charge is 0.453 e. The number of halogens is 3. The molecule has 0 aliphatic rings. The molecule has 2 nitrogen and oxygen atoms in total. The molecule has 0 saturated heterocycles. The molecule has 0 spiro atoms. The van der Waals surface area contributed by atoms with Crippen molar-refractivity contribution in [3.8, 4) is 11.3 Å². The lowest BCUT2D eigenvalue weighted by molar-refractivity contribution is 0.496. The van der Waals surface area contributed by atoms with Gasteiger partial charge in [-0.2, -0.15) is 4.39 Å². The number of rotatable bonds is 1. The zero-order valence-corrected chi connectivity index (χ0v) is 9.99. The molecule has 3 aromatic rings. The number of hydrogen-bond donors (Lipinski definition) is 0. The van der Waals surface area contributed by atoms with E-state index < -0.39 is 34.2 Å². The van der Waals surface area contributed by atoms with E-state index in [1.165, 1.54) is 18.2 Å². The third kappa shape index (κ3) is 1.79. The molecular formula is C15H7F3O2. The summed E-state index contributed by atoms with van der Waals surface area (Å²) in [5.74, 6) is -4.25. The van der Waals surface area contributed by atoms with Gasteiger partial charge in [-0.15, -0.1) is 0 Å². The van der Waals surface area contributed by atoms with E-state index in [2.05, 4.69) is 0 Å². The minimum atomic E-state index is -1.26. The van der Waals surface area contributed by atoms with Crippen LogP contribution in [0.25, 0.3) is 22.3 Å². The van der Waals surface area contributed by atoms with Crippen molar-refractivity contribution in [2.24, 2.45) is 0 Å². The Labute approximate surface area is 111 Å². The Hall–Kier alpha value is -2.56. The SMILES string of the molecule is O=c1c(F)c(-c2cccc(F)c2F)oc2ccccc12. The molecule has 0 bridgehead atoms. The highest BCUT2D eigenvalue weighted by molar-refractivity contribution is 5.78. The molecule has 1 aromatic heterocycles. The van der Waals surface area contributed by atoms with Gasteiger partial charge >= 0.3 is 0 Å². The van der Waals surface area contributed by atoms with Gasteiger partial charge in [0.2, 0.25) is 11.2 Å². The van der Waals surface area contributed by atoms with E-state index >= 15 is 0 Å². The van der Waals surface area contributed by atoms with Crippen LogP contribution in [-0.4, -0.2) is 0 Å². The first-order chi connectivity index (χ1) is 9.59. The highest BCUT2D eigenvalue weighted by atomic mass is 19.2. The molecule has 0 saturated carbocycles. The van der Waals surface area contributed by atoms with Crippen molar-refractivity contribution in [1.29, 1.82) is 0 Å². The first-order valence-corrected chi connectivity index (χ1v) is 5.75. The molecule has 0 N–H and O–H groups in total. The maximum absolute atomic E-state index is 14.0. The molecular weight excluding hydrogens is 269 g/mol. The summed E-state index contributed by atoms with van der Waals surface area (Å²) in [5.41, 5.74) is -1.23. The summed E-state index contributed by atoms with van der Waals surface area (Å²) in [6, 6.07) is 9.26. The van der Waals surface area contributed by atoms with E-state index in [9.17, 15) is 18.0 Å². The Morgan fingerprint density at radius 3 is 2.40 bits per heavy atom. The predicted molar refractivity (Wildman–Crippen MR) is 67.8 cm³/mol. The summed E-state index contributed by atoms with van der Waals surface area (Å²) in [4.78, 5) is 11.9. The Kier molecular flexibility index (Phi) is 2.82. The molecule has 0 aliphatic heterocycles. The highest BCUT2D eigenvalue weighted by Crippen LogP contribution is 2.28. The van der Waals surface area contributed by atoms with Gasteiger partial charge in [-0.05, 0) is 24.3 Å². The molecule has 0 unspecified atom stereocenters. The fourth-order valence-corrected chi connectivity index (χ4v) is 1.97. The molecule has 2 aromatic carbocycles. The van der Waals surface area contributed by atoms with Crippen LogP contribution in [0.5, 0.6) is 0 Å². The van der Waals surface area contributed by atoms with E-state index in [-0.39, 0.29) is 11.0 Å². The molecule has 3 rings (SSSR count). The van der Waals surface area contributed by atoms with E-state index in [4.69, 9.17) is 4.42 Å². The van der Waals surface area contributed by atoms with E-state index in [0.717, 1.165) is 12.1 Å². The summed E-state index contributed by atoms with van der Waals surface area (Å²) < 4.78 is 46.1. The lowest BCUT2D eigenvalue weighted by Crippen LogP contribution is -2.09. The van der Waals surface area contributed by atoms with Crippen LogP contribution in [-0.2, 0) is 0 Å². The maximum Gasteiger partial charge on any atom is 0.229 e. The van der Waals surface area contributed by atoms with Crippen molar-refractivity contribution < 1.29 is 17.6 Å². The summed E-state index contributed by atoms with van der Waals surface area (Å²) in [7, 11) is 0. The molecule has 0 aliphatic carbocycles. The second-order valence-electron chi connectivity index (χ2n) is 4.17. The van der Waals surface area contributed by atoms with Crippen molar-refractivity contribution in [1.82, 2.24) is 0 Å². The number of para-hydroxylation sites is 1. The average molecular weight is 276 g/mol. The summed E-state index contributed by atoms with van der Waals surface area (Å²) in [6.45, 7) is 0. The average Bonchev–Trinajstić information content (AvgIpc) is 2.46. The zero-order chi connectivity index (χ0) is 14.3. The Bertz CT molecular complexity index is 869. The molecule has 100 valence electrons. The van der Waals surface area contributed by atoms with E-state index in [1.807, 2.05) is 0 Å². The number of hydrogen-bond acceptors (Lipinski definition) is 2. The van der Waals surface area contributed by atoms with Gasteiger partial charge in [-0.3, -0.25) is 4.79 Å². The van der Waals surface area contributed by atoms with Crippen molar-refractivity contribution >= 4 is 11.0 Å². The zero-order valence-electron chi connectivity index (χ0n) is 9.99. The van der Waals surface area contributed by atoms with Gasteiger partial charge in [0, 0.05) is 0 Å². The summed E-state index contributed by atoms with van der Waals surface area (Å²) in [5, 5.41) is 0.0468.